The third-order valence-electron chi connectivity index (χ3n) is 1.71. The van der Waals surface area contributed by atoms with Gasteiger partial charge in [-0.3, -0.25) is 4.68 Å². The van der Waals surface area contributed by atoms with Gasteiger partial charge in [0.25, 0.3) is 0 Å². The topological polar surface area (TPSA) is 17.8 Å². The van der Waals surface area contributed by atoms with Crippen molar-refractivity contribution in [2.24, 2.45) is 0 Å². The van der Waals surface area contributed by atoms with Gasteiger partial charge in [0.1, 0.15) is 0 Å². The number of rotatable bonds is 2. The Morgan fingerprint density at radius 2 is 2.08 bits per heavy atom. The molecule has 0 N–H and O–H groups in total. The number of hydrogen-bond acceptors (Lipinski definition) is 1. The maximum Gasteiger partial charge on any atom is 0.435 e. The largest absolute Gasteiger partial charge is 0.435 e. The number of nitrogens with zero attached hydrogens (tertiary/aromatic N) is 2. The van der Waals surface area contributed by atoms with E-state index in [9.17, 15) is 13.2 Å². The van der Waals surface area contributed by atoms with Crippen LogP contribution >= 0.6 is 0 Å². The van der Waals surface area contributed by atoms with E-state index in [4.69, 9.17) is 0 Å². The molecule has 0 aliphatic rings. The summed E-state index contributed by atoms with van der Waals surface area (Å²) in [6.45, 7) is 4.05. The molecule has 0 bridgehead atoms. The average Bonchev–Trinajstić information content (AvgIpc) is 2.32. The van der Waals surface area contributed by atoms with E-state index in [2.05, 4.69) is 5.10 Å². The Balaban J connectivity index is 2.95. The highest BCUT2D eigenvalue weighted by Gasteiger charge is 2.34. The summed E-state index contributed by atoms with van der Waals surface area (Å²) in [6, 6.07) is 1.07. The SMILES string of the molecule is CCCn1nc(C(F)(F)F)cc1C. The van der Waals surface area contributed by atoms with Crippen molar-refractivity contribution in [1.29, 1.82) is 0 Å². The molecule has 0 aliphatic carbocycles. The van der Waals surface area contributed by atoms with Crippen LogP contribution in [0.4, 0.5) is 13.2 Å². The van der Waals surface area contributed by atoms with E-state index in [0.29, 0.717) is 12.2 Å². The van der Waals surface area contributed by atoms with Gasteiger partial charge in [-0.25, -0.2) is 0 Å². The van der Waals surface area contributed by atoms with E-state index in [0.717, 1.165) is 12.5 Å². The van der Waals surface area contributed by atoms with Gasteiger partial charge < -0.3 is 0 Å². The molecule has 0 aliphatic heterocycles. The summed E-state index contributed by atoms with van der Waals surface area (Å²) < 4.78 is 37.8. The molecular formula is C8H11F3N2. The lowest BCUT2D eigenvalue weighted by Crippen LogP contribution is -2.08. The fourth-order valence-corrected chi connectivity index (χ4v) is 1.09. The van der Waals surface area contributed by atoms with Crippen LogP contribution in [0.1, 0.15) is 24.7 Å². The zero-order valence-electron chi connectivity index (χ0n) is 7.52. The molecule has 5 heteroatoms. The lowest BCUT2D eigenvalue weighted by molar-refractivity contribution is -0.141. The fraction of sp³-hybridized carbons (Fsp3) is 0.625. The first kappa shape index (κ1) is 10.1. The highest BCUT2D eigenvalue weighted by Crippen LogP contribution is 2.28. The predicted octanol–water partition coefficient (Wildman–Crippen LogP) is 2.62. The summed E-state index contributed by atoms with van der Waals surface area (Å²) in [5.41, 5.74) is -0.257. The molecule has 0 radical (unpaired) electrons. The van der Waals surface area contributed by atoms with Crippen molar-refractivity contribution in [2.45, 2.75) is 33.0 Å². The molecule has 0 fully saturated rings. The van der Waals surface area contributed by atoms with Crippen molar-refractivity contribution in [2.75, 3.05) is 0 Å². The standard InChI is InChI=1S/C8H11F3N2/c1-3-4-13-6(2)5-7(12-13)8(9,10)11/h5H,3-4H2,1-2H3. The highest BCUT2D eigenvalue weighted by molar-refractivity contribution is 5.11. The van der Waals surface area contributed by atoms with Gasteiger partial charge in [-0.05, 0) is 19.4 Å². The maximum atomic E-state index is 12.1. The zero-order chi connectivity index (χ0) is 10.1. The van der Waals surface area contributed by atoms with Gasteiger partial charge in [0.05, 0.1) is 0 Å². The third-order valence-corrected chi connectivity index (χ3v) is 1.71. The minimum absolute atomic E-state index is 0.530. The average molecular weight is 192 g/mol. The molecule has 74 valence electrons. The Morgan fingerprint density at radius 1 is 1.46 bits per heavy atom. The number of aromatic nitrogens is 2. The Morgan fingerprint density at radius 3 is 2.46 bits per heavy atom. The molecule has 1 heterocycles. The molecule has 1 aromatic rings. The van der Waals surface area contributed by atoms with Crippen molar-refractivity contribution in [3.05, 3.63) is 17.5 Å². The van der Waals surface area contributed by atoms with Crippen LogP contribution < -0.4 is 0 Å². The van der Waals surface area contributed by atoms with E-state index in [-0.39, 0.29) is 0 Å². The molecule has 13 heavy (non-hydrogen) atoms. The Labute approximate surface area is 74.4 Å². The summed E-state index contributed by atoms with van der Waals surface area (Å²) >= 11 is 0. The van der Waals surface area contributed by atoms with Gasteiger partial charge in [0.2, 0.25) is 0 Å². The molecule has 0 aromatic carbocycles. The minimum atomic E-state index is -4.33. The van der Waals surface area contributed by atoms with Crippen molar-refractivity contribution in [1.82, 2.24) is 9.78 Å². The van der Waals surface area contributed by atoms with Crippen LogP contribution in [-0.4, -0.2) is 9.78 Å². The smallest absolute Gasteiger partial charge is 0.269 e. The van der Waals surface area contributed by atoms with Gasteiger partial charge in [-0.1, -0.05) is 6.92 Å². The summed E-state index contributed by atoms with van der Waals surface area (Å²) in [5, 5.41) is 3.46. The monoisotopic (exact) mass is 192 g/mol. The minimum Gasteiger partial charge on any atom is -0.269 e. The van der Waals surface area contributed by atoms with E-state index >= 15 is 0 Å². The molecule has 1 rings (SSSR count). The van der Waals surface area contributed by atoms with E-state index < -0.39 is 11.9 Å². The van der Waals surface area contributed by atoms with Gasteiger partial charge in [-0.15, -0.1) is 0 Å². The second-order valence-corrected chi connectivity index (χ2v) is 2.89. The molecule has 0 unspecified atom stereocenters. The fourth-order valence-electron chi connectivity index (χ4n) is 1.09. The van der Waals surface area contributed by atoms with Crippen molar-refractivity contribution in [3.8, 4) is 0 Å². The van der Waals surface area contributed by atoms with Crippen molar-refractivity contribution >= 4 is 0 Å². The quantitative estimate of drug-likeness (QED) is 0.704. The summed E-state index contributed by atoms with van der Waals surface area (Å²) in [6.07, 6.45) is -3.55. The molecular weight excluding hydrogens is 181 g/mol. The van der Waals surface area contributed by atoms with Gasteiger partial charge >= 0.3 is 6.18 Å². The van der Waals surface area contributed by atoms with Crippen LogP contribution in [0, 0.1) is 6.92 Å². The number of hydrogen-bond donors (Lipinski definition) is 0. The Kier molecular flexibility index (Phi) is 2.63. The van der Waals surface area contributed by atoms with Gasteiger partial charge in [0.15, 0.2) is 5.69 Å². The first-order chi connectivity index (χ1) is 5.95. The molecule has 0 atom stereocenters. The van der Waals surface area contributed by atoms with Gasteiger partial charge in [0, 0.05) is 12.2 Å². The van der Waals surface area contributed by atoms with E-state index in [1.807, 2.05) is 6.92 Å². The Hall–Kier alpha value is -1.00. The van der Waals surface area contributed by atoms with E-state index in [1.54, 1.807) is 6.92 Å². The summed E-state index contributed by atoms with van der Waals surface area (Å²) in [7, 11) is 0. The maximum absolute atomic E-state index is 12.1. The van der Waals surface area contributed by atoms with Crippen LogP contribution in [0.3, 0.4) is 0 Å². The third kappa shape index (κ3) is 2.23. The number of halogens is 3. The predicted molar refractivity (Wildman–Crippen MR) is 42.3 cm³/mol. The molecule has 0 spiro atoms. The molecule has 1 aromatic heterocycles. The number of aryl methyl sites for hydroxylation is 2. The second kappa shape index (κ2) is 3.40. The normalized spacial score (nSPS) is 12.1. The van der Waals surface area contributed by atoms with Crippen LogP contribution in [-0.2, 0) is 12.7 Å². The van der Waals surface area contributed by atoms with Crippen LogP contribution in [0.5, 0.6) is 0 Å². The molecule has 0 saturated heterocycles. The van der Waals surface area contributed by atoms with Crippen LogP contribution in [0.2, 0.25) is 0 Å². The number of alkyl halides is 3. The lowest BCUT2D eigenvalue weighted by Gasteiger charge is -2.01. The van der Waals surface area contributed by atoms with E-state index in [1.165, 1.54) is 4.68 Å². The first-order valence-electron chi connectivity index (χ1n) is 4.06. The van der Waals surface area contributed by atoms with Crippen molar-refractivity contribution in [3.63, 3.8) is 0 Å². The van der Waals surface area contributed by atoms with Crippen LogP contribution in [0.15, 0.2) is 6.07 Å². The molecule has 0 amide bonds. The summed E-state index contributed by atoms with van der Waals surface area (Å²) in [5.74, 6) is 0. The second-order valence-electron chi connectivity index (χ2n) is 2.89. The van der Waals surface area contributed by atoms with Gasteiger partial charge in [-0.2, -0.15) is 18.3 Å². The lowest BCUT2D eigenvalue weighted by atomic mass is 10.3. The molecule has 0 saturated carbocycles. The summed E-state index contributed by atoms with van der Waals surface area (Å²) in [4.78, 5) is 0. The Bertz CT molecular complexity index is 288. The first-order valence-corrected chi connectivity index (χ1v) is 4.06. The van der Waals surface area contributed by atoms with Crippen molar-refractivity contribution < 1.29 is 13.2 Å². The molecule has 2 nitrogen and oxygen atoms in total. The van der Waals surface area contributed by atoms with Crippen LogP contribution in [0.25, 0.3) is 0 Å². The zero-order valence-corrected chi connectivity index (χ0v) is 7.52. The highest BCUT2D eigenvalue weighted by atomic mass is 19.4.